The average Bonchev–Trinajstić information content (AvgIpc) is 3.46. The Morgan fingerprint density at radius 1 is 0.673 bits per heavy atom. The first-order valence-corrected chi connectivity index (χ1v) is 16.6. The molecule has 0 heterocycles. The van der Waals surface area contributed by atoms with Crippen molar-refractivity contribution in [1.82, 2.24) is 10.6 Å². The lowest BCUT2D eigenvalue weighted by molar-refractivity contribution is -0.156. The standard InChI is InChI=1S/C42H40N2O5/c1-28(2)26-38(44-41(47)48-27-37-35-20-12-10-18-33(35)34-19-11-13-21-36(34)37)40(46)49-42(30-14-6-4-7-15-30,31-16-8-5-9-17-31)32-24-22-29(23-25-32)39(45)43-3/h4-25,28,37-38H,26-27H2,1-3H3,(H,43,45)(H,44,47)/t38-/m0/s1. The van der Waals surface area contributed by atoms with E-state index >= 15 is 0 Å². The van der Waals surface area contributed by atoms with Crippen LogP contribution in [0.2, 0.25) is 0 Å². The summed E-state index contributed by atoms with van der Waals surface area (Å²) in [6, 6.07) is 41.3. The Hall–Kier alpha value is -5.69. The number of carbonyl (C=O) groups excluding carboxylic acids is 3. The molecule has 0 aliphatic heterocycles. The molecule has 248 valence electrons. The highest BCUT2D eigenvalue weighted by molar-refractivity contribution is 5.94. The number of carbonyl (C=O) groups is 3. The number of alkyl carbamates (subject to hydrolysis) is 1. The van der Waals surface area contributed by atoms with E-state index in [2.05, 4.69) is 34.9 Å². The second-order valence-electron chi connectivity index (χ2n) is 12.6. The average molecular weight is 653 g/mol. The van der Waals surface area contributed by atoms with E-state index in [4.69, 9.17) is 9.47 Å². The molecule has 5 aromatic rings. The molecule has 5 aromatic carbocycles. The van der Waals surface area contributed by atoms with Gasteiger partial charge >= 0.3 is 12.1 Å². The molecule has 0 spiro atoms. The molecule has 49 heavy (non-hydrogen) atoms. The SMILES string of the molecule is CNC(=O)c1ccc(C(OC(=O)[C@H](CC(C)C)NC(=O)OCC2c3ccccc3-c3ccccc32)(c2ccccc2)c2ccccc2)cc1. The third-order valence-electron chi connectivity index (χ3n) is 9.02. The highest BCUT2D eigenvalue weighted by atomic mass is 16.6. The summed E-state index contributed by atoms with van der Waals surface area (Å²) >= 11 is 0. The number of hydrogen-bond donors (Lipinski definition) is 2. The van der Waals surface area contributed by atoms with E-state index in [0.717, 1.165) is 22.3 Å². The lowest BCUT2D eigenvalue weighted by Gasteiger charge is -2.36. The van der Waals surface area contributed by atoms with E-state index in [-0.39, 0.29) is 24.3 Å². The van der Waals surface area contributed by atoms with Gasteiger partial charge in [0.2, 0.25) is 0 Å². The van der Waals surface area contributed by atoms with E-state index in [0.29, 0.717) is 28.7 Å². The normalized spacial score (nSPS) is 12.8. The zero-order chi connectivity index (χ0) is 34.4. The Kier molecular flexibility index (Phi) is 9.90. The number of hydrogen-bond acceptors (Lipinski definition) is 5. The van der Waals surface area contributed by atoms with Crippen molar-refractivity contribution in [1.29, 1.82) is 0 Å². The Balaban J connectivity index is 1.30. The maximum absolute atomic E-state index is 14.4. The van der Waals surface area contributed by atoms with Crippen LogP contribution in [0.5, 0.6) is 0 Å². The number of rotatable bonds is 11. The van der Waals surface area contributed by atoms with Gasteiger partial charge < -0.3 is 20.1 Å². The molecule has 0 saturated heterocycles. The number of amides is 2. The fraction of sp³-hybridized carbons (Fsp3) is 0.214. The van der Waals surface area contributed by atoms with E-state index in [9.17, 15) is 14.4 Å². The van der Waals surface area contributed by atoms with E-state index < -0.39 is 23.7 Å². The lowest BCUT2D eigenvalue weighted by atomic mass is 9.79. The molecule has 2 N–H and O–H groups in total. The van der Waals surface area contributed by atoms with E-state index in [1.165, 1.54) is 0 Å². The second kappa shape index (κ2) is 14.6. The molecule has 0 saturated carbocycles. The molecule has 6 rings (SSSR count). The van der Waals surface area contributed by atoms with Crippen molar-refractivity contribution in [2.24, 2.45) is 5.92 Å². The van der Waals surface area contributed by atoms with Gasteiger partial charge in [0, 0.05) is 35.2 Å². The Labute approximate surface area is 287 Å². The highest BCUT2D eigenvalue weighted by Gasteiger charge is 2.42. The minimum Gasteiger partial charge on any atom is -0.449 e. The van der Waals surface area contributed by atoms with Crippen molar-refractivity contribution in [3.05, 3.63) is 167 Å². The van der Waals surface area contributed by atoms with Gasteiger partial charge in [0.05, 0.1) is 0 Å². The van der Waals surface area contributed by atoms with Gasteiger partial charge in [-0.15, -0.1) is 0 Å². The molecule has 1 aliphatic carbocycles. The van der Waals surface area contributed by atoms with E-state index in [1.807, 2.05) is 98.8 Å². The predicted octanol–water partition coefficient (Wildman–Crippen LogP) is 7.83. The Bertz CT molecular complexity index is 1840. The van der Waals surface area contributed by atoms with Crippen LogP contribution in [0, 0.1) is 5.92 Å². The minimum absolute atomic E-state index is 0.0566. The lowest BCUT2D eigenvalue weighted by Crippen LogP contribution is -2.47. The summed E-state index contributed by atoms with van der Waals surface area (Å²) in [4.78, 5) is 40.2. The third kappa shape index (κ3) is 6.83. The molecule has 0 unspecified atom stereocenters. The van der Waals surface area contributed by atoms with Crippen LogP contribution in [0.4, 0.5) is 4.79 Å². The van der Waals surface area contributed by atoms with Crippen molar-refractivity contribution in [3.8, 4) is 11.1 Å². The number of fused-ring (bicyclic) bond motifs is 3. The Morgan fingerprint density at radius 2 is 1.16 bits per heavy atom. The molecule has 1 atom stereocenters. The van der Waals surface area contributed by atoms with Crippen molar-refractivity contribution in [3.63, 3.8) is 0 Å². The van der Waals surface area contributed by atoms with Gasteiger partial charge in [0.25, 0.3) is 5.91 Å². The van der Waals surface area contributed by atoms with Crippen LogP contribution < -0.4 is 10.6 Å². The first-order valence-electron chi connectivity index (χ1n) is 16.6. The smallest absolute Gasteiger partial charge is 0.407 e. The van der Waals surface area contributed by atoms with Crippen LogP contribution in [-0.2, 0) is 19.9 Å². The zero-order valence-corrected chi connectivity index (χ0v) is 27.9. The van der Waals surface area contributed by atoms with Crippen molar-refractivity contribution in [2.45, 2.75) is 37.8 Å². The quantitative estimate of drug-likeness (QED) is 0.112. The topological polar surface area (TPSA) is 93.7 Å². The van der Waals surface area contributed by atoms with E-state index in [1.54, 1.807) is 31.3 Å². The second-order valence-corrected chi connectivity index (χ2v) is 12.6. The van der Waals surface area contributed by atoms with Crippen LogP contribution in [0.1, 0.15) is 64.4 Å². The van der Waals surface area contributed by atoms with Gasteiger partial charge in [-0.1, -0.05) is 135 Å². The third-order valence-corrected chi connectivity index (χ3v) is 9.02. The molecule has 0 fully saturated rings. The number of benzene rings is 5. The first-order chi connectivity index (χ1) is 23.8. The summed E-state index contributed by atoms with van der Waals surface area (Å²) in [7, 11) is 1.58. The summed E-state index contributed by atoms with van der Waals surface area (Å²) in [5, 5.41) is 5.49. The minimum atomic E-state index is -1.39. The molecule has 0 bridgehead atoms. The molecule has 2 amide bonds. The van der Waals surface area contributed by atoms with Crippen molar-refractivity contribution >= 4 is 18.0 Å². The molecule has 0 radical (unpaired) electrons. The maximum atomic E-state index is 14.4. The highest BCUT2D eigenvalue weighted by Crippen LogP contribution is 2.45. The number of ether oxygens (including phenoxy) is 2. The largest absolute Gasteiger partial charge is 0.449 e. The van der Waals surface area contributed by atoms with Gasteiger partial charge in [-0.25, -0.2) is 9.59 Å². The summed E-state index contributed by atoms with van der Waals surface area (Å²) in [6.07, 6.45) is -0.359. The molecular formula is C42H40N2O5. The Morgan fingerprint density at radius 3 is 1.67 bits per heavy atom. The molecule has 1 aliphatic rings. The number of esters is 1. The summed E-state index contributed by atoms with van der Waals surface area (Å²) in [6.45, 7) is 4.09. The maximum Gasteiger partial charge on any atom is 0.407 e. The fourth-order valence-electron chi connectivity index (χ4n) is 6.71. The van der Waals surface area contributed by atoms with Gasteiger partial charge in [0.15, 0.2) is 5.60 Å². The molecule has 0 aromatic heterocycles. The van der Waals surface area contributed by atoms with Gasteiger partial charge in [-0.2, -0.15) is 0 Å². The van der Waals surface area contributed by atoms with Crippen LogP contribution in [0.3, 0.4) is 0 Å². The monoisotopic (exact) mass is 652 g/mol. The van der Waals surface area contributed by atoms with Crippen LogP contribution in [0.15, 0.2) is 133 Å². The predicted molar refractivity (Wildman–Crippen MR) is 190 cm³/mol. The summed E-state index contributed by atoms with van der Waals surface area (Å²) in [5.74, 6) is -0.889. The van der Waals surface area contributed by atoms with Gasteiger partial charge in [-0.05, 0) is 46.7 Å². The zero-order valence-electron chi connectivity index (χ0n) is 27.9. The van der Waals surface area contributed by atoms with Crippen LogP contribution in [-0.4, -0.2) is 37.7 Å². The summed E-state index contributed by atoms with van der Waals surface area (Å²) in [5.41, 5.74) is 5.64. The number of nitrogens with one attached hydrogen (secondary N) is 2. The van der Waals surface area contributed by atoms with Gasteiger partial charge in [0.1, 0.15) is 12.6 Å². The fourth-order valence-corrected chi connectivity index (χ4v) is 6.71. The molecule has 7 heteroatoms. The first kappa shape index (κ1) is 33.2. The van der Waals surface area contributed by atoms with Gasteiger partial charge in [-0.3, -0.25) is 4.79 Å². The van der Waals surface area contributed by atoms with Crippen molar-refractivity contribution < 1.29 is 23.9 Å². The van der Waals surface area contributed by atoms with Crippen LogP contribution >= 0.6 is 0 Å². The molecule has 7 nitrogen and oxygen atoms in total. The van der Waals surface area contributed by atoms with Crippen molar-refractivity contribution in [2.75, 3.05) is 13.7 Å². The van der Waals surface area contributed by atoms with Crippen LogP contribution in [0.25, 0.3) is 11.1 Å². The molecular weight excluding hydrogens is 612 g/mol. The summed E-state index contributed by atoms with van der Waals surface area (Å²) < 4.78 is 12.5.